The average molecular weight is 534 g/mol. The van der Waals surface area contributed by atoms with Gasteiger partial charge in [0.25, 0.3) is 5.56 Å². The van der Waals surface area contributed by atoms with Gasteiger partial charge in [0.2, 0.25) is 5.95 Å². The van der Waals surface area contributed by atoms with Gasteiger partial charge >= 0.3 is 0 Å². The topological polar surface area (TPSA) is 82.0 Å². The second-order valence-corrected chi connectivity index (χ2v) is 9.73. The van der Waals surface area contributed by atoms with Crippen LogP contribution in [0.1, 0.15) is 13.8 Å². The molecule has 0 unspecified atom stereocenters. The molecule has 39 heavy (non-hydrogen) atoms. The van der Waals surface area contributed by atoms with Crippen molar-refractivity contribution in [2.45, 2.75) is 19.9 Å². The Kier molecular flexibility index (Phi) is 7.38. The predicted octanol–water partition coefficient (Wildman–Crippen LogP) is 4.47. The fraction of sp³-hybridized carbons (Fsp3) is 0.345. The Labute approximate surface area is 226 Å². The van der Waals surface area contributed by atoms with Crippen LogP contribution in [0.15, 0.2) is 53.6 Å². The van der Waals surface area contributed by atoms with E-state index in [1.54, 1.807) is 44.6 Å². The maximum atomic E-state index is 15.3. The molecule has 5 rings (SSSR count). The van der Waals surface area contributed by atoms with Gasteiger partial charge in [-0.15, -0.1) is 0 Å². The summed E-state index contributed by atoms with van der Waals surface area (Å²) >= 11 is 0. The number of anilines is 1. The summed E-state index contributed by atoms with van der Waals surface area (Å²) in [6, 6.07) is 10.1. The first kappa shape index (κ1) is 26.4. The highest BCUT2D eigenvalue weighted by Gasteiger charge is 2.22. The Morgan fingerprint density at radius 2 is 1.62 bits per heavy atom. The number of rotatable bonds is 7. The zero-order valence-electron chi connectivity index (χ0n) is 22.8. The zero-order chi connectivity index (χ0) is 27.7. The maximum absolute atomic E-state index is 15.3. The molecule has 0 saturated carbocycles. The Morgan fingerprint density at radius 3 is 2.28 bits per heavy atom. The van der Waals surface area contributed by atoms with Crippen LogP contribution in [0, 0.1) is 5.82 Å². The summed E-state index contributed by atoms with van der Waals surface area (Å²) in [6.07, 6.45) is 3.10. The van der Waals surface area contributed by atoms with Crippen LogP contribution in [-0.2, 0) is 7.05 Å². The smallest absolute Gasteiger partial charge is 0.262 e. The minimum atomic E-state index is -0.603. The summed E-state index contributed by atoms with van der Waals surface area (Å²) in [5, 5.41) is 0.640. The maximum Gasteiger partial charge on any atom is 0.262 e. The number of fused-ring (bicyclic) bond motifs is 1. The fourth-order valence-electron chi connectivity index (χ4n) is 4.87. The van der Waals surface area contributed by atoms with Crippen LogP contribution in [0.5, 0.6) is 23.0 Å². The van der Waals surface area contributed by atoms with Gasteiger partial charge in [-0.1, -0.05) is 6.07 Å². The molecule has 204 valence electrons. The number of ether oxygens (including phenoxy) is 3. The number of hydrogen-bond donors (Lipinski definition) is 0. The van der Waals surface area contributed by atoms with Gasteiger partial charge in [0.05, 0.1) is 25.3 Å². The van der Waals surface area contributed by atoms with E-state index < -0.39 is 5.82 Å². The Bertz CT molecular complexity index is 1560. The minimum absolute atomic E-state index is 0.0189. The first-order valence-corrected chi connectivity index (χ1v) is 12.8. The van der Waals surface area contributed by atoms with Crippen LogP contribution in [-0.4, -0.2) is 65.9 Å². The molecule has 0 spiro atoms. The molecule has 0 aliphatic carbocycles. The normalized spacial score (nSPS) is 14.2. The van der Waals surface area contributed by atoms with Crippen LogP contribution in [0.3, 0.4) is 0 Å². The van der Waals surface area contributed by atoms with Crippen molar-refractivity contribution in [3.8, 4) is 34.1 Å². The second-order valence-electron chi connectivity index (χ2n) is 9.73. The highest BCUT2D eigenvalue weighted by atomic mass is 19.1. The van der Waals surface area contributed by atoms with Crippen molar-refractivity contribution in [2.24, 2.45) is 7.05 Å². The molecule has 2 aromatic carbocycles. The Hall–Kier alpha value is -4.18. The molecule has 10 heteroatoms. The molecule has 0 atom stereocenters. The minimum Gasteiger partial charge on any atom is -0.493 e. The molecule has 1 aliphatic heterocycles. The lowest BCUT2D eigenvalue weighted by molar-refractivity contribution is 0.208. The van der Waals surface area contributed by atoms with Gasteiger partial charge in [-0.25, -0.2) is 9.37 Å². The molecular formula is C29H32FN5O4. The van der Waals surface area contributed by atoms with E-state index in [9.17, 15) is 4.79 Å². The van der Waals surface area contributed by atoms with Gasteiger partial charge in [0.15, 0.2) is 23.1 Å². The van der Waals surface area contributed by atoms with Gasteiger partial charge in [0.1, 0.15) is 5.75 Å². The van der Waals surface area contributed by atoms with E-state index in [4.69, 9.17) is 14.2 Å². The van der Waals surface area contributed by atoms with Crippen molar-refractivity contribution in [1.29, 1.82) is 0 Å². The first-order chi connectivity index (χ1) is 18.8. The van der Waals surface area contributed by atoms with E-state index in [1.165, 1.54) is 30.0 Å². The van der Waals surface area contributed by atoms with Crippen LogP contribution in [0.2, 0.25) is 0 Å². The fourth-order valence-corrected chi connectivity index (χ4v) is 4.87. The third-order valence-electron chi connectivity index (χ3n) is 7.14. The number of piperazine rings is 1. The SMILES string of the molecule is COc1cc2nccc(Oc3ccc(-c4cnc(N5CCN(C(C)C)CC5)n(C)c4=O)cc3F)c2cc1OC. The zero-order valence-corrected chi connectivity index (χ0v) is 22.8. The number of methoxy groups -OCH3 is 2. The second kappa shape index (κ2) is 10.9. The van der Waals surface area contributed by atoms with E-state index in [0.29, 0.717) is 51.3 Å². The van der Waals surface area contributed by atoms with Crippen LogP contribution in [0.4, 0.5) is 10.3 Å². The molecule has 1 saturated heterocycles. The average Bonchev–Trinajstić information content (AvgIpc) is 2.95. The summed E-state index contributed by atoms with van der Waals surface area (Å²) in [7, 11) is 4.79. The van der Waals surface area contributed by atoms with E-state index >= 15 is 4.39 Å². The number of pyridine rings is 1. The third kappa shape index (κ3) is 5.12. The van der Waals surface area contributed by atoms with E-state index in [2.05, 4.69) is 33.6 Å². The Morgan fingerprint density at radius 1 is 0.897 bits per heavy atom. The summed E-state index contributed by atoms with van der Waals surface area (Å²) in [5.41, 5.74) is 1.12. The molecule has 0 bridgehead atoms. The molecular weight excluding hydrogens is 501 g/mol. The molecule has 0 radical (unpaired) electrons. The van der Waals surface area contributed by atoms with Gasteiger partial charge in [-0.3, -0.25) is 19.2 Å². The van der Waals surface area contributed by atoms with Crippen molar-refractivity contribution >= 4 is 16.9 Å². The summed E-state index contributed by atoms with van der Waals surface area (Å²) in [6.45, 7) is 7.77. The van der Waals surface area contributed by atoms with Crippen molar-refractivity contribution in [1.82, 2.24) is 19.4 Å². The number of nitrogens with zero attached hydrogens (tertiary/aromatic N) is 5. The lowest BCUT2D eigenvalue weighted by Gasteiger charge is -2.37. The molecule has 9 nitrogen and oxygen atoms in total. The van der Waals surface area contributed by atoms with E-state index in [-0.39, 0.29) is 11.3 Å². The Balaban J connectivity index is 1.40. The highest BCUT2D eigenvalue weighted by Crippen LogP contribution is 2.37. The molecule has 4 aromatic rings. The third-order valence-corrected chi connectivity index (χ3v) is 7.14. The van der Waals surface area contributed by atoms with Crippen LogP contribution < -0.4 is 24.7 Å². The standard InChI is InChI=1S/C29H32FN5O4/c1-18(2)34-10-12-35(13-11-34)29-32-17-21(28(36)33(29)3)19-6-7-25(22(30)14-19)39-24-8-9-31-23-16-27(38-5)26(37-4)15-20(23)24/h6-9,14-18H,10-13H2,1-5H3. The molecule has 2 aromatic heterocycles. The predicted molar refractivity (Wildman–Crippen MR) is 149 cm³/mol. The monoisotopic (exact) mass is 533 g/mol. The van der Waals surface area contributed by atoms with E-state index in [0.717, 1.165) is 26.2 Å². The van der Waals surface area contributed by atoms with Crippen molar-refractivity contribution < 1.29 is 18.6 Å². The van der Waals surface area contributed by atoms with Gasteiger partial charge in [-0.05, 0) is 43.7 Å². The van der Waals surface area contributed by atoms with Crippen molar-refractivity contribution in [2.75, 3.05) is 45.3 Å². The summed E-state index contributed by atoms with van der Waals surface area (Å²) in [5.74, 6) is 1.48. The quantitative estimate of drug-likeness (QED) is 0.344. The van der Waals surface area contributed by atoms with Gasteiger partial charge in [0, 0.05) is 63.1 Å². The van der Waals surface area contributed by atoms with Crippen molar-refractivity contribution in [3.63, 3.8) is 0 Å². The molecule has 1 aliphatic rings. The first-order valence-electron chi connectivity index (χ1n) is 12.8. The largest absolute Gasteiger partial charge is 0.493 e. The van der Waals surface area contributed by atoms with Gasteiger partial charge in [-0.2, -0.15) is 0 Å². The number of aromatic nitrogens is 3. The molecule has 0 amide bonds. The number of hydrogen-bond acceptors (Lipinski definition) is 8. The summed E-state index contributed by atoms with van der Waals surface area (Å²) in [4.78, 5) is 26.7. The lowest BCUT2D eigenvalue weighted by Crippen LogP contribution is -2.50. The van der Waals surface area contributed by atoms with Crippen LogP contribution >= 0.6 is 0 Å². The molecule has 3 heterocycles. The van der Waals surface area contributed by atoms with Crippen molar-refractivity contribution in [3.05, 3.63) is 65.0 Å². The molecule has 0 N–H and O–H groups in total. The lowest BCUT2D eigenvalue weighted by atomic mass is 10.1. The number of benzene rings is 2. The summed E-state index contributed by atoms with van der Waals surface area (Å²) < 4.78 is 33.5. The molecule has 1 fully saturated rings. The van der Waals surface area contributed by atoms with E-state index in [1.807, 2.05) is 0 Å². The van der Waals surface area contributed by atoms with Gasteiger partial charge < -0.3 is 19.1 Å². The van der Waals surface area contributed by atoms with Crippen LogP contribution in [0.25, 0.3) is 22.0 Å². The highest BCUT2D eigenvalue weighted by molar-refractivity contribution is 5.88. The number of halogens is 1.